The molecular weight excluding hydrogens is 416 g/mol. The zero-order chi connectivity index (χ0) is 21.9. The van der Waals surface area contributed by atoms with Crippen LogP contribution < -0.4 is 16.0 Å². The van der Waals surface area contributed by atoms with E-state index in [0.717, 1.165) is 16.4 Å². The van der Waals surface area contributed by atoms with Crippen LogP contribution in [0.4, 0.5) is 0 Å². The van der Waals surface area contributed by atoms with Gasteiger partial charge in [-0.25, -0.2) is 9.78 Å². The van der Waals surface area contributed by atoms with Crippen LogP contribution in [0.3, 0.4) is 0 Å². The minimum atomic E-state index is -1.03. The molecule has 0 aliphatic heterocycles. The molecule has 164 valence electrons. The minimum Gasteiger partial charge on any atom is -0.480 e. The largest absolute Gasteiger partial charge is 0.480 e. The Bertz CT molecular complexity index is 945. The molecule has 0 aromatic carbocycles. The average Bonchev–Trinajstić information content (AvgIpc) is 3.45. The van der Waals surface area contributed by atoms with Crippen molar-refractivity contribution in [3.05, 3.63) is 70.2 Å². The lowest BCUT2D eigenvalue weighted by Gasteiger charge is -2.14. The molecule has 10 heteroatoms. The maximum absolute atomic E-state index is 12.5. The van der Waals surface area contributed by atoms with Gasteiger partial charge in [-0.2, -0.15) is 0 Å². The van der Waals surface area contributed by atoms with E-state index in [4.69, 9.17) is 0 Å². The van der Waals surface area contributed by atoms with Crippen molar-refractivity contribution in [3.63, 3.8) is 0 Å². The number of aliphatic carboxylic acids is 1. The van der Waals surface area contributed by atoms with Gasteiger partial charge in [0.2, 0.25) is 0 Å². The highest BCUT2D eigenvalue weighted by atomic mass is 32.1. The van der Waals surface area contributed by atoms with E-state index < -0.39 is 12.0 Å². The van der Waals surface area contributed by atoms with Crippen LogP contribution in [0.1, 0.15) is 38.9 Å². The number of nitrogens with one attached hydrogen (secondary N) is 4. The summed E-state index contributed by atoms with van der Waals surface area (Å²) in [6.45, 7) is 2.46. The summed E-state index contributed by atoms with van der Waals surface area (Å²) in [6, 6.07) is 8.37. The van der Waals surface area contributed by atoms with Crippen molar-refractivity contribution in [2.75, 3.05) is 6.54 Å². The lowest BCUT2D eigenvalue weighted by molar-refractivity contribution is -0.139. The maximum atomic E-state index is 12.5. The SMILES string of the molecule is O=C(N[C@@H](CCCNCc1ccccn1)C(=O)O)c1ccc(CNCc2ncc[nH]2)s1. The molecule has 0 saturated heterocycles. The van der Waals surface area contributed by atoms with Gasteiger partial charge >= 0.3 is 5.97 Å². The number of carbonyl (C=O) groups is 2. The molecule has 1 atom stereocenters. The van der Waals surface area contributed by atoms with E-state index in [1.54, 1.807) is 24.7 Å². The van der Waals surface area contributed by atoms with Gasteiger partial charge in [0, 0.05) is 36.6 Å². The van der Waals surface area contributed by atoms with Gasteiger partial charge in [-0.05, 0) is 43.7 Å². The van der Waals surface area contributed by atoms with Crippen LogP contribution in [0.5, 0.6) is 0 Å². The number of carboxylic acids is 1. The standard InChI is InChI=1S/C21H26N6O3S/c28-20(18-7-6-16(31-18)13-23-14-19-25-10-11-26-19)27-17(21(29)30)5-3-8-22-12-15-4-1-2-9-24-15/h1-2,4,6-7,9-11,17,22-23H,3,5,8,12-14H2,(H,25,26)(H,27,28)(H,29,30)/t17-/m0/s1. The third-order valence-corrected chi connectivity index (χ3v) is 5.60. The molecular formula is C21H26N6O3S. The van der Waals surface area contributed by atoms with Crippen molar-refractivity contribution in [1.82, 2.24) is 30.9 Å². The molecule has 9 nitrogen and oxygen atoms in total. The minimum absolute atomic E-state index is 0.346. The molecule has 1 amide bonds. The second kappa shape index (κ2) is 11.9. The highest BCUT2D eigenvalue weighted by Crippen LogP contribution is 2.17. The summed E-state index contributed by atoms with van der Waals surface area (Å²) in [5, 5.41) is 18.6. The molecule has 0 aliphatic carbocycles. The third kappa shape index (κ3) is 7.59. The zero-order valence-electron chi connectivity index (χ0n) is 17.0. The Kier molecular flexibility index (Phi) is 8.71. The predicted octanol–water partition coefficient (Wildman–Crippen LogP) is 1.91. The van der Waals surface area contributed by atoms with Crippen LogP contribution in [-0.4, -0.2) is 44.5 Å². The molecule has 31 heavy (non-hydrogen) atoms. The van der Waals surface area contributed by atoms with E-state index >= 15 is 0 Å². The van der Waals surface area contributed by atoms with Crippen LogP contribution in [0, 0.1) is 0 Å². The fourth-order valence-corrected chi connectivity index (χ4v) is 3.81. The van der Waals surface area contributed by atoms with Crippen molar-refractivity contribution in [2.24, 2.45) is 0 Å². The molecule has 0 radical (unpaired) electrons. The van der Waals surface area contributed by atoms with Gasteiger partial charge in [0.25, 0.3) is 5.91 Å². The molecule has 0 fully saturated rings. The van der Waals surface area contributed by atoms with Gasteiger partial charge in [0.05, 0.1) is 17.1 Å². The number of imidazole rings is 1. The van der Waals surface area contributed by atoms with Gasteiger partial charge in [-0.15, -0.1) is 11.3 Å². The molecule has 3 rings (SSSR count). The highest BCUT2D eigenvalue weighted by molar-refractivity contribution is 7.14. The number of amides is 1. The first-order valence-corrected chi connectivity index (χ1v) is 10.9. The van der Waals surface area contributed by atoms with Crippen molar-refractivity contribution < 1.29 is 14.7 Å². The summed E-state index contributed by atoms with van der Waals surface area (Å²) < 4.78 is 0. The van der Waals surface area contributed by atoms with Crippen molar-refractivity contribution >= 4 is 23.2 Å². The number of aromatic amines is 1. The highest BCUT2D eigenvalue weighted by Gasteiger charge is 2.21. The number of H-pyrrole nitrogens is 1. The maximum Gasteiger partial charge on any atom is 0.326 e. The second-order valence-electron chi connectivity index (χ2n) is 6.91. The molecule has 3 aromatic rings. The molecule has 0 bridgehead atoms. The van der Waals surface area contributed by atoms with E-state index in [0.29, 0.717) is 43.9 Å². The first kappa shape index (κ1) is 22.6. The Balaban J connectivity index is 1.39. The van der Waals surface area contributed by atoms with Gasteiger partial charge < -0.3 is 26.0 Å². The van der Waals surface area contributed by atoms with Crippen molar-refractivity contribution in [2.45, 2.75) is 38.5 Å². The lowest BCUT2D eigenvalue weighted by Crippen LogP contribution is -2.40. The fraction of sp³-hybridized carbons (Fsp3) is 0.333. The Morgan fingerprint density at radius 2 is 1.97 bits per heavy atom. The first-order chi connectivity index (χ1) is 15.1. The number of nitrogens with zero attached hydrogens (tertiary/aromatic N) is 2. The summed E-state index contributed by atoms with van der Waals surface area (Å²) in [4.78, 5) is 36.9. The van der Waals surface area contributed by atoms with E-state index in [-0.39, 0.29) is 5.91 Å². The van der Waals surface area contributed by atoms with E-state index in [2.05, 4.69) is 30.9 Å². The summed E-state index contributed by atoms with van der Waals surface area (Å²) in [5.41, 5.74) is 0.928. The quantitative estimate of drug-likeness (QED) is 0.255. The Hall–Kier alpha value is -3.08. The monoisotopic (exact) mass is 442 g/mol. The Morgan fingerprint density at radius 1 is 1.06 bits per heavy atom. The first-order valence-electron chi connectivity index (χ1n) is 10.0. The van der Waals surface area contributed by atoms with Crippen LogP contribution in [0.15, 0.2) is 48.9 Å². The van der Waals surface area contributed by atoms with Crippen LogP contribution in [0.25, 0.3) is 0 Å². The summed E-state index contributed by atoms with van der Waals surface area (Å²) in [6.07, 6.45) is 6.16. The lowest BCUT2D eigenvalue weighted by atomic mass is 10.1. The van der Waals surface area contributed by atoms with E-state index in [1.807, 2.05) is 24.3 Å². The van der Waals surface area contributed by atoms with Gasteiger partial charge in [-0.3, -0.25) is 9.78 Å². The number of aromatic nitrogens is 3. The van der Waals surface area contributed by atoms with Gasteiger partial charge in [0.15, 0.2) is 0 Å². The number of hydrogen-bond acceptors (Lipinski definition) is 7. The van der Waals surface area contributed by atoms with Crippen LogP contribution in [-0.2, 0) is 24.4 Å². The Morgan fingerprint density at radius 3 is 2.71 bits per heavy atom. The smallest absolute Gasteiger partial charge is 0.326 e. The molecule has 0 unspecified atom stereocenters. The molecule has 0 saturated carbocycles. The van der Waals surface area contributed by atoms with Crippen LogP contribution in [0.2, 0.25) is 0 Å². The van der Waals surface area contributed by atoms with Gasteiger partial charge in [0.1, 0.15) is 11.9 Å². The number of carbonyl (C=O) groups excluding carboxylic acids is 1. The summed E-state index contributed by atoms with van der Waals surface area (Å²) in [5.74, 6) is -0.556. The normalized spacial score (nSPS) is 11.9. The Labute approximate surface area is 184 Å². The fourth-order valence-electron chi connectivity index (χ4n) is 2.93. The number of hydrogen-bond donors (Lipinski definition) is 5. The molecule has 3 heterocycles. The van der Waals surface area contributed by atoms with E-state index in [1.165, 1.54) is 11.3 Å². The van der Waals surface area contributed by atoms with Crippen molar-refractivity contribution in [3.8, 4) is 0 Å². The van der Waals surface area contributed by atoms with Crippen LogP contribution >= 0.6 is 11.3 Å². The summed E-state index contributed by atoms with van der Waals surface area (Å²) in [7, 11) is 0. The number of pyridine rings is 1. The van der Waals surface area contributed by atoms with E-state index in [9.17, 15) is 14.7 Å². The number of carboxylic acid groups (broad SMARTS) is 1. The number of rotatable bonds is 13. The van der Waals surface area contributed by atoms with Gasteiger partial charge in [-0.1, -0.05) is 6.07 Å². The predicted molar refractivity (Wildman–Crippen MR) is 118 cm³/mol. The molecule has 0 aliphatic rings. The van der Waals surface area contributed by atoms with Crippen molar-refractivity contribution in [1.29, 1.82) is 0 Å². The summed E-state index contributed by atoms with van der Waals surface area (Å²) >= 11 is 1.34. The topological polar surface area (TPSA) is 132 Å². The number of thiophene rings is 1. The molecule has 3 aromatic heterocycles. The zero-order valence-corrected chi connectivity index (χ0v) is 17.8. The average molecular weight is 443 g/mol. The second-order valence-corrected chi connectivity index (χ2v) is 8.08. The molecule has 5 N–H and O–H groups in total. The molecule has 0 spiro atoms. The third-order valence-electron chi connectivity index (χ3n) is 4.51.